The van der Waals surface area contributed by atoms with Crippen LogP contribution in [0.5, 0.6) is 0 Å². The van der Waals surface area contributed by atoms with Gasteiger partial charge in [0, 0.05) is 11.6 Å². The Hall–Kier alpha value is -2.20. The molecule has 3 nitrogen and oxygen atoms in total. The summed E-state index contributed by atoms with van der Waals surface area (Å²) in [4.78, 5) is 4.38. The second-order valence-electron chi connectivity index (χ2n) is 4.66. The first-order valence-electron chi connectivity index (χ1n) is 6.24. The Morgan fingerprint density at radius 1 is 0.950 bits per heavy atom. The van der Waals surface area contributed by atoms with E-state index in [9.17, 15) is 8.42 Å². The van der Waals surface area contributed by atoms with Crippen LogP contribution in [0.1, 0.15) is 5.56 Å². The number of sulfone groups is 1. The maximum Gasteiger partial charge on any atom is 0.224 e. The smallest absolute Gasteiger partial charge is 0.224 e. The van der Waals surface area contributed by atoms with Crippen molar-refractivity contribution < 1.29 is 8.42 Å². The summed E-state index contributed by atoms with van der Waals surface area (Å²) in [7, 11) is -3.60. The van der Waals surface area contributed by atoms with E-state index in [2.05, 4.69) is 4.98 Å². The Kier molecular flexibility index (Phi) is 3.03. The van der Waals surface area contributed by atoms with Crippen LogP contribution in [0.15, 0.2) is 70.7 Å². The molecule has 0 aliphatic rings. The predicted molar refractivity (Wildman–Crippen MR) is 78.4 cm³/mol. The fourth-order valence-electron chi connectivity index (χ4n) is 2.20. The number of rotatable bonds is 2. The van der Waals surface area contributed by atoms with Gasteiger partial charge >= 0.3 is 0 Å². The molecule has 0 saturated heterocycles. The van der Waals surface area contributed by atoms with Crippen LogP contribution in [0.3, 0.4) is 0 Å². The molecule has 20 heavy (non-hydrogen) atoms. The molecule has 0 atom stereocenters. The Labute approximate surface area is 117 Å². The Bertz CT molecular complexity index is 880. The minimum atomic E-state index is -3.60. The first-order chi connectivity index (χ1) is 9.59. The highest BCUT2D eigenvalue weighted by atomic mass is 32.2. The van der Waals surface area contributed by atoms with E-state index in [1.807, 2.05) is 37.3 Å². The molecular weight excluding hydrogens is 270 g/mol. The lowest BCUT2D eigenvalue weighted by atomic mass is 10.2. The van der Waals surface area contributed by atoms with Crippen LogP contribution in [-0.2, 0) is 9.84 Å². The third kappa shape index (κ3) is 2.08. The van der Waals surface area contributed by atoms with Crippen LogP contribution in [0.4, 0.5) is 0 Å². The van der Waals surface area contributed by atoms with E-state index in [0.717, 1.165) is 10.9 Å². The second kappa shape index (κ2) is 4.72. The third-order valence-electron chi connectivity index (χ3n) is 3.19. The van der Waals surface area contributed by atoms with E-state index < -0.39 is 9.84 Å². The number of pyridine rings is 1. The minimum Gasteiger partial charge on any atom is -0.244 e. The third-order valence-corrected chi connectivity index (χ3v) is 4.90. The maximum absolute atomic E-state index is 12.7. The standard InChI is InChI=1S/C16H13NO2S/c1-12-5-4-7-14(11-12)20(18,19)16-15-8-3-2-6-13(15)9-10-17-16/h2-11H,1H3. The molecular formula is C16H13NO2S. The SMILES string of the molecule is Cc1cccc(S(=O)(=O)c2nccc3ccccc23)c1. The van der Waals surface area contributed by atoms with Gasteiger partial charge in [-0.05, 0) is 36.1 Å². The second-order valence-corrected chi connectivity index (χ2v) is 6.52. The number of benzene rings is 2. The highest BCUT2D eigenvalue weighted by molar-refractivity contribution is 7.91. The van der Waals surface area contributed by atoms with Crippen molar-refractivity contribution in [1.29, 1.82) is 0 Å². The number of nitrogens with zero attached hydrogens (tertiary/aromatic N) is 1. The van der Waals surface area contributed by atoms with Gasteiger partial charge in [-0.15, -0.1) is 0 Å². The summed E-state index contributed by atoms with van der Waals surface area (Å²) < 4.78 is 25.5. The molecule has 0 spiro atoms. The Morgan fingerprint density at radius 2 is 1.75 bits per heavy atom. The molecule has 100 valence electrons. The number of aromatic nitrogens is 1. The summed E-state index contributed by atoms with van der Waals surface area (Å²) in [5.41, 5.74) is 0.909. The molecule has 0 unspecified atom stereocenters. The monoisotopic (exact) mass is 283 g/mol. The van der Waals surface area contributed by atoms with Gasteiger partial charge in [-0.25, -0.2) is 13.4 Å². The average Bonchev–Trinajstić information content (AvgIpc) is 2.46. The Morgan fingerprint density at radius 3 is 2.55 bits per heavy atom. The lowest BCUT2D eigenvalue weighted by Gasteiger charge is -2.07. The van der Waals surface area contributed by atoms with Gasteiger partial charge < -0.3 is 0 Å². The molecule has 3 rings (SSSR count). The molecule has 0 bridgehead atoms. The van der Waals surface area contributed by atoms with Crippen LogP contribution in [0.25, 0.3) is 10.8 Å². The fraction of sp³-hybridized carbons (Fsp3) is 0.0625. The van der Waals surface area contributed by atoms with Crippen molar-refractivity contribution in [1.82, 2.24) is 4.98 Å². The molecule has 1 heterocycles. The zero-order valence-corrected chi connectivity index (χ0v) is 11.8. The first-order valence-corrected chi connectivity index (χ1v) is 7.73. The zero-order chi connectivity index (χ0) is 14.2. The van der Waals surface area contributed by atoms with Crippen molar-refractivity contribution >= 4 is 20.6 Å². The molecule has 1 aromatic heterocycles. The minimum absolute atomic E-state index is 0.112. The van der Waals surface area contributed by atoms with Crippen LogP contribution in [0, 0.1) is 6.92 Å². The van der Waals surface area contributed by atoms with Crippen molar-refractivity contribution in [2.24, 2.45) is 0 Å². The highest BCUT2D eigenvalue weighted by Gasteiger charge is 2.21. The lowest BCUT2D eigenvalue weighted by Crippen LogP contribution is -2.05. The van der Waals surface area contributed by atoms with Gasteiger partial charge in [-0.1, -0.05) is 36.4 Å². The number of hydrogen-bond donors (Lipinski definition) is 0. The van der Waals surface area contributed by atoms with Crippen molar-refractivity contribution in [3.05, 3.63) is 66.4 Å². The largest absolute Gasteiger partial charge is 0.244 e. The summed E-state index contributed by atoms with van der Waals surface area (Å²) in [5, 5.41) is 1.63. The van der Waals surface area contributed by atoms with Crippen molar-refractivity contribution in [2.45, 2.75) is 16.8 Å². The van der Waals surface area contributed by atoms with Gasteiger partial charge in [0.05, 0.1) is 4.90 Å². The molecule has 0 N–H and O–H groups in total. The van der Waals surface area contributed by atoms with Crippen LogP contribution >= 0.6 is 0 Å². The fourth-order valence-corrected chi connectivity index (χ4v) is 3.70. The quantitative estimate of drug-likeness (QED) is 0.724. The summed E-state index contributed by atoms with van der Waals surface area (Å²) in [6, 6.07) is 16.1. The average molecular weight is 283 g/mol. The van der Waals surface area contributed by atoms with E-state index >= 15 is 0 Å². The van der Waals surface area contributed by atoms with Crippen LogP contribution in [-0.4, -0.2) is 13.4 Å². The number of aryl methyl sites for hydroxylation is 1. The van der Waals surface area contributed by atoms with Crippen molar-refractivity contribution in [3.63, 3.8) is 0 Å². The molecule has 0 amide bonds. The van der Waals surface area contributed by atoms with Gasteiger partial charge in [0.2, 0.25) is 9.84 Å². The highest BCUT2D eigenvalue weighted by Crippen LogP contribution is 2.26. The zero-order valence-electron chi connectivity index (χ0n) is 10.9. The molecule has 0 aliphatic carbocycles. The molecule has 0 aliphatic heterocycles. The van der Waals surface area contributed by atoms with Crippen molar-refractivity contribution in [3.8, 4) is 0 Å². The molecule has 2 aromatic carbocycles. The van der Waals surface area contributed by atoms with Crippen LogP contribution in [0.2, 0.25) is 0 Å². The summed E-state index contributed by atoms with van der Waals surface area (Å²) in [5.74, 6) is 0. The van der Waals surface area contributed by atoms with Crippen LogP contribution < -0.4 is 0 Å². The summed E-state index contributed by atoms with van der Waals surface area (Å²) in [6.45, 7) is 1.87. The van der Waals surface area contributed by atoms with Gasteiger partial charge in [0.1, 0.15) is 0 Å². The maximum atomic E-state index is 12.7. The Balaban J connectivity index is 2.30. The summed E-state index contributed by atoms with van der Waals surface area (Å²) >= 11 is 0. The van der Waals surface area contributed by atoms with Gasteiger partial charge in [0.15, 0.2) is 5.03 Å². The number of hydrogen-bond acceptors (Lipinski definition) is 3. The number of fused-ring (bicyclic) bond motifs is 1. The van der Waals surface area contributed by atoms with Gasteiger partial charge in [-0.3, -0.25) is 0 Å². The molecule has 4 heteroatoms. The first kappa shape index (κ1) is 12.8. The topological polar surface area (TPSA) is 47.0 Å². The van der Waals surface area contributed by atoms with E-state index in [4.69, 9.17) is 0 Å². The van der Waals surface area contributed by atoms with Gasteiger partial charge in [-0.2, -0.15) is 0 Å². The van der Waals surface area contributed by atoms with E-state index in [0.29, 0.717) is 5.39 Å². The van der Waals surface area contributed by atoms with E-state index in [1.165, 1.54) is 6.20 Å². The lowest BCUT2D eigenvalue weighted by molar-refractivity contribution is 0.593. The molecule has 0 fully saturated rings. The van der Waals surface area contributed by atoms with Crippen molar-refractivity contribution in [2.75, 3.05) is 0 Å². The van der Waals surface area contributed by atoms with E-state index in [-0.39, 0.29) is 9.92 Å². The normalized spacial score (nSPS) is 11.7. The molecule has 3 aromatic rings. The predicted octanol–water partition coefficient (Wildman–Crippen LogP) is 3.38. The van der Waals surface area contributed by atoms with Gasteiger partial charge in [0.25, 0.3) is 0 Å². The molecule has 0 radical (unpaired) electrons. The van der Waals surface area contributed by atoms with E-state index in [1.54, 1.807) is 24.3 Å². The molecule has 0 saturated carbocycles. The summed E-state index contributed by atoms with van der Waals surface area (Å²) in [6.07, 6.45) is 1.53.